The Morgan fingerprint density at radius 2 is 2.06 bits per heavy atom. The summed E-state index contributed by atoms with van der Waals surface area (Å²) in [6.45, 7) is 8.43. The molecule has 3 heteroatoms. The molecule has 0 radical (unpaired) electrons. The zero-order valence-corrected chi connectivity index (χ0v) is 10.8. The second-order valence-corrected chi connectivity index (χ2v) is 5.43. The van der Waals surface area contributed by atoms with E-state index >= 15 is 0 Å². The molecule has 0 aliphatic rings. The van der Waals surface area contributed by atoms with Crippen LogP contribution >= 0.6 is 0 Å². The van der Waals surface area contributed by atoms with Crippen molar-refractivity contribution >= 4 is 5.65 Å². The standard InChI is InChI=1S/C14H17N3/c1-10-5-6-12-16-13(14(2,3)4)11(7-8-15)17(12)9-10/h5-6,9H,7H2,1-4H3. The van der Waals surface area contributed by atoms with Gasteiger partial charge in [0.1, 0.15) is 5.65 Å². The smallest absolute Gasteiger partial charge is 0.137 e. The predicted molar refractivity (Wildman–Crippen MR) is 67.9 cm³/mol. The highest BCUT2D eigenvalue weighted by atomic mass is 15.0. The summed E-state index contributed by atoms with van der Waals surface area (Å²) < 4.78 is 2.04. The van der Waals surface area contributed by atoms with Crippen molar-refractivity contribution in [1.82, 2.24) is 9.38 Å². The largest absolute Gasteiger partial charge is 0.302 e. The molecule has 0 atom stereocenters. The summed E-state index contributed by atoms with van der Waals surface area (Å²) in [7, 11) is 0. The maximum atomic E-state index is 8.97. The van der Waals surface area contributed by atoms with Gasteiger partial charge in [-0.05, 0) is 18.6 Å². The van der Waals surface area contributed by atoms with E-state index in [0.29, 0.717) is 6.42 Å². The van der Waals surface area contributed by atoms with Gasteiger partial charge < -0.3 is 4.40 Å². The Morgan fingerprint density at radius 3 is 2.65 bits per heavy atom. The minimum Gasteiger partial charge on any atom is -0.302 e. The minimum atomic E-state index is -0.0356. The normalized spacial score (nSPS) is 11.7. The van der Waals surface area contributed by atoms with Crippen molar-refractivity contribution < 1.29 is 0 Å². The van der Waals surface area contributed by atoms with Gasteiger partial charge >= 0.3 is 0 Å². The van der Waals surface area contributed by atoms with Gasteiger partial charge in [-0.2, -0.15) is 5.26 Å². The molecular formula is C14H17N3. The van der Waals surface area contributed by atoms with Crippen molar-refractivity contribution in [1.29, 1.82) is 5.26 Å². The van der Waals surface area contributed by atoms with Crippen LogP contribution in [0.3, 0.4) is 0 Å². The van der Waals surface area contributed by atoms with Gasteiger partial charge in [-0.1, -0.05) is 26.8 Å². The first-order chi connectivity index (χ1) is 7.93. The fourth-order valence-corrected chi connectivity index (χ4v) is 2.04. The van der Waals surface area contributed by atoms with Crippen molar-refractivity contribution in [3.63, 3.8) is 0 Å². The number of aromatic nitrogens is 2. The molecule has 0 aromatic carbocycles. The molecule has 17 heavy (non-hydrogen) atoms. The molecule has 0 bridgehead atoms. The molecule has 0 aliphatic heterocycles. The van der Waals surface area contributed by atoms with E-state index in [0.717, 1.165) is 17.0 Å². The Morgan fingerprint density at radius 1 is 1.35 bits per heavy atom. The Balaban J connectivity index is 2.77. The summed E-state index contributed by atoms with van der Waals surface area (Å²) in [6.07, 6.45) is 2.45. The van der Waals surface area contributed by atoms with Crippen LogP contribution in [-0.2, 0) is 11.8 Å². The van der Waals surface area contributed by atoms with E-state index in [4.69, 9.17) is 5.26 Å². The van der Waals surface area contributed by atoms with Crippen LogP contribution in [0.2, 0.25) is 0 Å². The second kappa shape index (κ2) is 3.89. The Bertz CT molecular complexity index is 594. The lowest BCUT2D eigenvalue weighted by atomic mass is 9.90. The minimum absolute atomic E-state index is 0.0356. The molecule has 0 saturated carbocycles. The van der Waals surface area contributed by atoms with Gasteiger partial charge in [0.15, 0.2) is 0 Å². The van der Waals surface area contributed by atoms with Crippen molar-refractivity contribution in [2.45, 2.75) is 39.5 Å². The Kier molecular flexibility index (Phi) is 2.66. The van der Waals surface area contributed by atoms with Crippen LogP contribution in [0.25, 0.3) is 5.65 Å². The van der Waals surface area contributed by atoms with E-state index in [9.17, 15) is 0 Å². The third-order valence-electron chi connectivity index (χ3n) is 2.82. The number of aryl methyl sites for hydroxylation is 1. The van der Waals surface area contributed by atoms with E-state index in [1.54, 1.807) is 0 Å². The number of rotatable bonds is 1. The average molecular weight is 227 g/mol. The highest BCUT2D eigenvalue weighted by molar-refractivity contribution is 5.46. The number of pyridine rings is 1. The van der Waals surface area contributed by atoms with Crippen molar-refractivity contribution in [3.05, 3.63) is 35.3 Å². The third kappa shape index (κ3) is 2.03. The van der Waals surface area contributed by atoms with Crippen molar-refractivity contribution in [3.8, 4) is 6.07 Å². The molecule has 0 N–H and O–H groups in total. The summed E-state index contributed by atoms with van der Waals surface area (Å²) in [5.74, 6) is 0. The van der Waals surface area contributed by atoms with E-state index in [2.05, 4.69) is 31.8 Å². The quantitative estimate of drug-likeness (QED) is 0.751. The number of fused-ring (bicyclic) bond motifs is 1. The maximum absolute atomic E-state index is 8.97. The summed E-state index contributed by atoms with van der Waals surface area (Å²) in [5, 5.41) is 8.97. The Hall–Kier alpha value is -1.82. The highest BCUT2D eigenvalue weighted by Gasteiger charge is 2.23. The monoisotopic (exact) mass is 227 g/mol. The fourth-order valence-electron chi connectivity index (χ4n) is 2.04. The van der Waals surface area contributed by atoms with Crippen LogP contribution in [0.15, 0.2) is 18.3 Å². The van der Waals surface area contributed by atoms with Gasteiger partial charge in [0.05, 0.1) is 23.9 Å². The number of nitrogens with zero attached hydrogens (tertiary/aromatic N) is 3. The summed E-state index contributed by atoms with van der Waals surface area (Å²) in [5.41, 5.74) is 4.09. The molecule has 0 aliphatic carbocycles. The van der Waals surface area contributed by atoms with Gasteiger partial charge in [-0.3, -0.25) is 0 Å². The van der Waals surface area contributed by atoms with Crippen LogP contribution in [-0.4, -0.2) is 9.38 Å². The molecular weight excluding hydrogens is 210 g/mol. The lowest BCUT2D eigenvalue weighted by Crippen LogP contribution is -2.14. The van der Waals surface area contributed by atoms with E-state index in [1.165, 1.54) is 5.56 Å². The van der Waals surface area contributed by atoms with Crippen LogP contribution in [0.4, 0.5) is 0 Å². The van der Waals surface area contributed by atoms with Crippen molar-refractivity contribution in [2.75, 3.05) is 0 Å². The average Bonchev–Trinajstić information content (AvgIpc) is 2.57. The van der Waals surface area contributed by atoms with Crippen LogP contribution in [0, 0.1) is 18.3 Å². The lowest BCUT2D eigenvalue weighted by Gasteiger charge is -2.16. The zero-order valence-electron chi connectivity index (χ0n) is 10.8. The maximum Gasteiger partial charge on any atom is 0.137 e. The van der Waals surface area contributed by atoms with Gasteiger partial charge in [0, 0.05) is 11.6 Å². The number of nitriles is 1. The summed E-state index contributed by atoms with van der Waals surface area (Å²) in [6, 6.07) is 6.29. The number of hydrogen-bond acceptors (Lipinski definition) is 2. The molecule has 88 valence electrons. The fraction of sp³-hybridized carbons (Fsp3) is 0.429. The molecule has 0 spiro atoms. The Labute approximate surface area is 102 Å². The highest BCUT2D eigenvalue weighted by Crippen LogP contribution is 2.26. The first-order valence-corrected chi connectivity index (χ1v) is 5.78. The molecule has 3 nitrogen and oxygen atoms in total. The third-order valence-corrected chi connectivity index (χ3v) is 2.82. The molecule has 0 fully saturated rings. The summed E-state index contributed by atoms with van der Waals surface area (Å²) >= 11 is 0. The first-order valence-electron chi connectivity index (χ1n) is 5.78. The lowest BCUT2D eigenvalue weighted by molar-refractivity contribution is 0.566. The summed E-state index contributed by atoms with van der Waals surface area (Å²) in [4.78, 5) is 4.66. The molecule has 2 aromatic rings. The van der Waals surface area contributed by atoms with Gasteiger partial charge in [-0.15, -0.1) is 0 Å². The van der Waals surface area contributed by atoms with Gasteiger partial charge in [0.2, 0.25) is 0 Å². The molecule has 0 saturated heterocycles. The number of imidazole rings is 1. The zero-order chi connectivity index (χ0) is 12.6. The molecule has 0 amide bonds. The van der Waals surface area contributed by atoms with Crippen molar-refractivity contribution in [2.24, 2.45) is 0 Å². The molecule has 2 aromatic heterocycles. The molecule has 2 heterocycles. The number of hydrogen-bond donors (Lipinski definition) is 0. The van der Waals surface area contributed by atoms with E-state index in [-0.39, 0.29) is 5.41 Å². The van der Waals surface area contributed by atoms with E-state index in [1.807, 2.05) is 29.7 Å². The second-order valence-electron chi connectivity index (χ2n) is 5.43. The van der Waals surface area contributed by atoms with Crippen LogP contribution < -0.4 is 0 Å². The van der Waals surface area contributed by atoms with Gasteiger partial charge in [-0.25, -0.2) is 4.98 Å². The molecule has 0 unspecified atom stereocenters. The SMILES string of the molecule is Cc1ccc2nc(C(C)(C)C)c(CC#N)n2c1. The van der Waals surface area contributed by atoms with E-state index < -0.39 is 0 Å². The van der Waals surface area contributed by atoms with Crippen LogP contribution in [0.5, 0.6) is 0 Å². The van der Waals surface area contributed by atoms with Crippen LogP contribution in [0.1, 0.15) is 37.7 Å². The molecule has 2 rings (SSSR count). The van der Waals surface area contributed by atoms with Gasteiger partial charge in [0.25, 0.3) is 0 Å². The first kappa shape index (κ1) is 11.7. The predicted octanol–water partition coefficient (Wildman–Crippen LogP) is 3.01. The topological polar surface area (TPSA) is 41.1 Å².